The van der Waals surface area contributed by atoms with Gasteiger partial charge in [0.05, 0.1) is 11.0 Å². The zero-order valence-corrected chi connectivity index (χ0v) is 15.3. The monoisotopic (exact) mass is 362 g/mol. The van der Waals surface area contributed by atoms with Gasteiger partial charge < -0.3 is 0 Å². The first-order valence-electron chi connectivity index (χ1n) is 9.42. The Kier molecular flexibility index (Phi) is 4.06. The van der Waals surface area contributed by atoms with Gasteiger partial charge in [0.25, 0.3) is 0 Å². The van der Waals surface area contributed by atoms with Crippen LogP contribution in [0.2, 0.25) is 0 Å². The average molecular weight is 362 g/mol. The molecule has 0 bridgehead atoms. The highest BCUT2D eigenvalue weighted by molar-refractivity contribution is 6.15. The van der Waals surface area contributed by atoms with E-state index in [1.54, 1.807) is 12.4 Å². The minimum Gasteiger partial charge on any atom is -0.289 e. The molecule has 0 saturated heterocycles. The molecular formula is C25H18N2O. The lowest BCUT2D eigenvalue weighted by atomic mass is 10.0. The molecule has 0 radical (unpaired) electrons. The van der Waals surface area contributed by atoms with Crippen molar-refractivity contribution in [1.82, 2.24) is 9.97 Å². The zero-order valence-electron chi connectivity index (χ0n) is 15.3. The van der Waals surface area contributed by atoms with Gasteiger partial charge in [-0.3, -0.25) is 14.8 Å². The van der Waals surface area contributed by atoms with Gasteiger partial charge in [0, 0.05) is 34.3 Å². The normalized spacial score (nSPS) is 17.2. The van der Waals surface area contributed by atoms with Crippen molar-refractivity contribution in [2.75, 3.05) is 0 Å². The minimum atomic E-state index is 0.151. The Labute approximate surface area is 163 Å². The molecule has 5 rings (SSSR count). The van der Waals surface area contributed by atoms with Crippen molar-refractivity contribution in [1.29, 1.82) is 0 Å². The SMILES string of the molecule is O=C1/C(=C/c2ccc3ncccc3c2)CC/C1=C\c1ccc2ncccc2c1. The summed E-state index contributed by atoms with van der Waals surface area (Å²) in [6.07, 6.45) is 9.18. The summed E-state index contributed by atoms with van der Waals surface area (Å²) in [6.45, 7) is 0. The van der Waals surface area contributed by atoms with Crippen molar-refractivity contribution in [3.05, 3.63) is 95.3 Å². The number of benzene rings is 2. The van der Waals surface area contributed by atoms with Crippen molar-refractivity contribution < 1.29 is 4.79 Å². The largest absolute Gasteiger partial charge is 0.289 e. The van der Waals surface area contributed by atoms with Crippen LogP contribution in [-0.2, 0) is 4.79 Å². The van der Waals surface area contributed by atoms with E-state index >= 15 is 0 Å². The van der Waals surface area contributed by atoms with E-state index in [0.29, 0.717) is 0 Å². The molecule has 0 spiro atoms. The van der Waals surface area contributed by atoms with Crippen molar-refractivity contribution >= 4 is 39.7 Å². The number of hydrogen-bond donors (Lipinski definition) is 0. The molecule has 2 heterocycles. The molecule has 0 amide bonds. The Morgan fingerprint density at radius 3 is 1.68 bits per heavy atom. The highest BCUT2D eigenvalue weighted by atomic mass is 16.1. The lowest BCUT2D eigenvalue weighted by Crippen LogP contribution is -1.95. The molecule has 0 unspecified atom stereocenters. The number of allylic oxidation sites excluding steroid dienone is 2. The summed E-state index contributed by atoms with van der Waals surface area (Å²) < 4.78 is 0. The summed E-state index contributed by atoms with van der Waals surface area (Å²) >= 11 is 0. The smallest absolute Gasteiger partial charge is 0.185 e. The summed E-state index contributed by atoms with van der Waals surface area (Å²) in [5.74, 6) is 0.151. The number of fused-ring (bicyclic) bond motifs is 2. The molecule has 0 atom stereocenters. The van der Waals surface area contributed by atoms with E-state index in [9.17, 15) is 4.79 Å². The van der Waals surface area contributed by atoms with Crippen LogP contribution in [0.25, 0.3) is 34.0 Å². The van der Waals surface area contributed by atoms with Crippen LogP contribution in [0.5, 0.6) is 0 Å². The Morgan fingerprint density at radius 1 is 0.679 bits per heavy atom. The molecule has 3 heteroatoms. The highest BCUT2D eigenvalue weighted by Gasteiger charge is 2.22. The van der Waals surface area contributed by atoms with Gasteiger partial charge in [-0.25, -0.2) is 0 Å². The number of ketones is 1. The topological polar surface area (TPSA) is 42.9 Å². The van der Waals surface area contributed by atoms with Crippen LogP contribution >= 0.6 is 0 Å². The summed E-state index contributed by atoms with van der Waals surface area (Å²) in [5, 5.41) is 2.17. The number of nitrogens with zero attached hydrogens (tertiary/aromatic N) is 2. The van der Waals surface area contributed by atoms with Gasteiger partial charge in [0.1, 0.15) is 0 Å². The standard InChI is InChI=1S/C25H18N2O/c28-25-21(15-17-5-9-23-19(13-17)3-1-11-26-23)7-8-22(25)16-18-6-10-24-20(14-18)4-2-12-27-24/h1-6,9-16H,7-8H2/b21-15+,22-16+. The van der Waals surface area contributed by atoms with E-state index in [4.69, 9.17) is 0 Å². The number of Topliss-reactive ketones (excluding diaryl/α,β-unsaturated/α-hetero) is 1. The number of pyridine rings is 2. The fraction of sp³-hybridized carbons (Fsp3) is 0.0800. The molecule has 2 aromatic heterocycles. The third-order valence-electron chi connectivity index (χ3n) is 5.18. The van der Waals surface area contributed by atoms with Crippen LogP contribution in [0.15, 0.2) is 84.2 Å². The lowest BCUT2D eigenvalue weighted by molar-refractivity contribution is -0.111. The maximum absolute atomic E-state index is 12.9. The van der Waals surface area contributed by atoms with Gasteiger partial charge in [-0.15, -0.1) is 0 Å². The molecule has 0 N–H and O–H groups in total. The maximum Gasteiger partial charge on any atom is 0.185 e. The second-order valence-electron chi connectivity index (χ2n) is 7.08. The Hall–Kier alpha value is -3.59. The molecule has 134 valence electrons. The van der Waals surface area contributed by atoms with E-state index in [0.717, 1.165) is 56.9 Å². The molecular weight excluding hydrogens is 344 g/mol. The van der Waals surface area contributed by atoms with E-state index < -0.39 is 0 Å². The van der Waals surface area contributed by atoms with Crippen LogP contribution < -0.4 is 0 Å². The van der Waals surface area contributed by atoms with Gasteiger partial charge >= 0.3 is 0 Å². The third-order valence-corrected chi connectivity index (χ3v) is 5.18. The van der Waals surface area contributed by atoms with Crippen molar-refractivity contribution in [3.63, 3.8) is 0 Å². The van der Waals surface area contributed by atoms with Gasteiger partial charge in [-0.2, -0.15) is 0 Å². The molecule has 4 aromatic rings. The van der Waals surface area contributed by atoms with Crippen LogP contribution in [0.1, 0.15) is 24.0 Å². The molecule has 0 aliphatic heterocycles. The van der Waals surface area contributed by atoms with E-state index in [1.165, 1.54) is 0 Å². The fourth-order valence-corrected chi connectivity index (χ4v) is 3.75. The van der Waals surface area contributed by atoms with Crippen LogP contribution in [0.4, 0.5) is 0 Å². The second-order valence-corrected chi connectivity index (χ2v) is 7.08. The maximum atomic E-state index is 12.9. The van der Waals surface area contributed by atoms with Crippen LogP contribution in [0.3, 0.4) is 0 Å². The first-order chi connectivity index (χ1) is 13.8. The Balaban J connectivity index is 1.44. The van der Waals surface area contributed by atoms with Crippen molar-refractivity contribution in [2.45, 2.75) is 12.8 Å². The lowest BCUT2D eigenvalue weighted by Gasteiger charge is -2.01. The molecule has 1 aliphatic rings. The summed E-state index contributed by atoms with van der Waals surface area (Å²) in [6, 6.07) is 20.2. The Bertz CT molecular complexity index is 1180. The van der Waals surface area contributed by atoms with E-state index in [-0.39, 0.29) is 5.78 Å². The number of carbonyl (C=O) groups is 1. The number of rotatable bonds is 2. The van der Waals surface area contributed by atoms with Crippen LogP contribution in [-0.4, -0.2) is 15.8 Å². The van der Waals surface area contributed by atoms with Crippen molar-refractivity contribution in [2.24, 2.45) is 0 Å². The molecule has 1 aliphatic carbocycles. The van der Waals surface area contributed by atoms with E-state index in [2.05, 4.69) is 22.1 Å². The van der Waals surface area contributed by atoms with Gasteiger partial charge in [0.2, 0.25) is 0 Å². The first-order valence-corrected chi connectivity index (χ1v) is 9.42. The summed E-state index contributed by atoms with van der Waals surface area (Å²) in [7, 11) is 0. The highest BCUT2D eigenvalue weighted by Crippen LogP contribution is 2.30. The average Bonchev–Trinajstić information content (AvgIpc) is 3.07. The number of aromatic nitrogens is 2. The third kappa shape index (κ3) is 3.12. The molecule has 1 saturated carbocycles. The minimum absolute atomic E-state index is 0.151. The first kappa shape index (κ1) is 16.6. The number of carbonyl (C=O) groups excluding carboxylic acids is 1. The Morgan fingerprint density at radius 2 is 1.18 bits per heavy atom. The molecule has 2 aromatic carbocycles. The summed E-state index contributed by atoms with van der Waals surface area (Å²) in [5.41, 5.74) is 5.76. The van der Waals surface area contributed by atoms with E-state index in [1.807, 2.05) is 60.7 Å². The quantitative estimate of drug-likeness (QED) is 0.435. The van der Waals surface area contributed by atoms with Gasteiger partial charge in [0.15, 0.2) is 5.78 Å². The molecule has 1 fully saturated rings. The predicted molar refractivity (Wildman–Crippen MR) is 114 cm³/mol. The second kappa shape index (κ2) is 6.86. The predicted octanol–water partition coefficient (Wildman–Crippen LogP) is 5.61. The molecule has 28 heavy (non-hydrogen) atoms. The van der Waals surface area contributed by atoms with Crippen LogP contribution in [0, 0.1) is 0 Å². The fourth-order valence-electron chi connectivity index (χ4n) is 3.75. The van der Waals surface area contributed by atoms with Gasteiger partial charge in [-0.05, 0) is 72.5 Å². The number of hydrogen-bond acceptors (Lipinski definition) is 3. The molecule has 3 nitrogen and oxygen atoms in total. The van der Waals surface area contributed by atoms with Crippen molar-refractivity contribution in [3.8, 4) is 0 Å². The van der Waals surface area contributed by atoms with Gasteiger partial charge in [-0.1, -0.05) is 24.3 Å². The zero-order chi connectivity index (χ0) is 18.9. The summed E-state index contributed by atoms with van der Waals surface area (Å²) in [4.78, 5) is 21.6.